The topological polar surface area (TPSA) is 81.7 Å². The summed E-state index contributed by atoms with van der Waals surface area (Å²) in [5.41, 5.74) is -5.29. The SMILES string of the molecule is COC(=O)C1=C(C)OC(=O)[C@]1(NC(=O)c1ccc(Cl)cc1Cl)C(F)(F)F. The van der Waals surface area contributed by atoms with Crippen molar-refractivity contribution in [3.63, 3.8) is 0 Å². The second-order valence-corrected chi connectivity index (χ2v) is 5.98. The fourth-order valence-corrected chi connectivity index (χ4v) is 2.88. The van der Waals surface area contributed by atoms with Crippen molar-refractivity contribution < 1.29 is 37.0 Å². The van der Waals surface area contributed by atoms with E-state index in [2.05, 4.69) is 9.47 Å². The van der Waals surface area contributed by atoms with E-state index >= 15 is 0 Å². The van der Waals surface area contributed by atoms with Crippen molar-refractivity contribution in [1.29, 1.82) is 0 Å². The number of carbonyl (C=O) groups is 3. The summed E-state index contributed by atoms with van der Waals surface area (Å²) in [6, 6.07) is 3.42. The van der Waals surface area contributed by atoms with E-state index in [0.29, 0.717) is 0 Å². The van der Waals surface area contributed by atoms with Crippen LogP contribution >= 0.6 is 23.2 Å². The number of hydrogen-bond acceptors (Lipinski definition) is 5. The number of ether oxygens (including phenoxy) is 2. The van der Waals surface area contributed by atoms with Gasteiger partial charge in [-0.2, -0.15) is 13.2 Å². The molecule has 0 radical (unpaired) electrons. The third-order valence-corrected chi connectivity index (χ3v) is 4.12. The van der Waals surface area contributed by atoms with Gasteiger partial charge in [0, 0.05) is 5.02 Å². The smallest absolute Gasteiger partial charge is 0.427 e. The predicted octanol–water partition coefficient (Wildman–Crippen LogP) is 3.03. The highest BCUT2D eigenvalue weighted by Crippen LogP contribution is 2.44. The first-order chi connectivity index (χ1) is 12.0. The highest BCUT2D eigenvalue weighted by Gasteiger charge is 2.71. The van der Waals surface area contributed by atoms with Gasteiger partial charge >= 0.3 is 18.1 Å². The molecule has 1 N–H and O–H groups in total. The van der Waals surface area contributed by atoms with Crippen LogP contribution in [0.4, 0.5) is 13.2 Å². The summed E-state index contributed by atoms with van der Waals surface area (Å²) in [5, 5.41) is 1.42. The maximum Gasteiger partial charge on any atom is 0.427 e. The Morgan fingerprint density at radius 1 is 1.27 bits per heavy atom. The molecule has 6 nitrogen and oxygen atoms in total. The average Bonchev–Trinajstić information content (AvgIpc) is 2.77. The number of methoxy groups -OCH3 is 1. The predicted molar refractivity (Wildman–Crippen MR) is 83.5 cm³/mol. The number of esters is 2. The molecular formula is C15H10Cl2F3NO5. The Morgan fingerprint density at radius 2 is 1.88 bits per heavy atom. The fourth-order valence-electron chi connectivity index (χ4n) is 2.38. The molecule has 11 heteroatoms. The Labute approximate surface area is 154 Å². The van der Waals surface area contributed by atoms with Gasteiger partial charge in [-0.3, -0.25) is 4.79 Å². The number of halogens is 5. The molecule has 1 aromatic carbocycles. The van der Waals surface area contributed by atoms with Crippen molar-refractivity contribution in [3.05, 3.63) is 45.1 Å². The van der Waals surface area contributed by atoms with Crippen LogP contribution in [0.1, 0.15) is 17.3 Å². The summed E-state index contributed by atoms with van der Waals surface area (Å²) in [7, 11) is 0.824. The van der Waals surface area contributed by atoms with Gasteiger partial charge < -0.3 is 14.8 Å². The summed E-state index contributed by atoms with van der Waals surface area (Å²) in [4.78, 5) is 36.3. The molecule has 140 valence electrons. The van der Waals surface area contributed by atoms with Crippen LogP contribution in [-0.4, -0.2) is 36.7 Å². The number of alkyl halides is 3. The molecule has 1 aliphatic rings. The Hall–Kier alpha value is -2.26. The van der Waals surface area contributed by atoms with E-state index in [0.717, 1.165) is 26.2 Å². The van der Waals surface area contributed by atoms with Gasteiger partial charge in [-0.05, 0) is 25.1 Å². The molecule has 1 aliphatic heterocycles. The molecule has 0 bridgehead atoms. The number of nitrogens with one attached hydrogen (secondary N) is 1. The van der Waals surface area contributed by atoms with Crippen molar-refractivity contribution >= 4 is 41.0 Å². The summed E-state index contributed by atoms with van der Waals surface area (Å²) >= 11 is 11.5. The van der Waals surface area contributed by atoms with E-state index in [1.165, 1.54) is 11.4 Å². The van der Waals surface area contributed by atoms with Gasteiger partial charge in [0.25, 0.3) is 11.4 Å². The van der Waals surface area contributed by atoms with Gasteiger partial charge in [0.15, 0.2) is 0 Å². The van der Waals surface area contributed by atoms with Crippen LogP contribution in [0.2, 0.25) is 10.0 Å². The molecule has 1 amide bonds. The minimum atomic E-state index is -5.40. The van der Waals surface area contributed by atoms with E-state index in [9.17, 15) is 27.6 Å². The van der Waals surface area contributed by atoms with Crippen LogP contribution in [0.25, 0.3) is 0 Å². The van der Waals surface area contributed by atoms with E-state index in [4.69, 9.17) is 23.2 Å². The molecule has 0 saturated carbocycles. The van der Waals surface area contributed by atoms with Crippen molar-refractivity contribution in [2.75, 3.05) is 7.11 Å². The second-order valence-electron chi connectivity index (χ2n) is 5.14. The van der Waals surface area contributed by atoms with Crippen LogP contribution < -0.4 is 5.32 Å². The summed E-state index contributed by atoms with van der Waals surface area (Å²) in [6.07, 6.45) is -5.40. The van der Waals surface area contributed by atoms with E-state index in [1.54, 1.807) is 0 Å². The highest BCUT2D eigenvalue weighted by atomic mass is 35.5. The summed E-state index contributed by atoms with van der Waals surface area (Å²) in [5.74, 6) is -5.37. The second kappa shape index (κ2) is 6.81. The maximum atomic E-state index is 13.8. The molecule has 1 atom stereocenters. The monoisotopic (exact) mass is 411 g/mol. The number of carbonyl (C=O) groups excluding carboxylic acids is 3. The maximum absolute atomic E-state index is 13.8. The van der Waals surface area contributed by atoms with Gasteiger partial charge in [0.1, 0.15) is 11.3 Å². The quantitative estimate of drug-likeness (QED) is 0.773. The zero-order chi connectivity index (χ0) is 19.9. The lowest BCUT2D eigenvalue weighted by Gasteiger charge is -2.30. The number of hydrogen-bond donors (Lipinski definition) is 1. The zero-order valence-electron chi connectivity index (χ0n) is 13.2. The minimum absolute atomic E-state index is 0.142. The van der Waals surface area contributed by atoms with Gasteiger partial charge in [-0.1, -0.05) is 23.2 Å². The lowest BCUT2D eigenvalue weighted by Crippen LogP contribution is -2.64. The molecule has 0 saturated heterocycles. The van der Waals surface area contributed by atoms with Crippen molar-refractivity contribution in [2.45, 2.75) is 18.6 Å². The van der Waals surface area contributed by atoms with Gasteiger partial charge in [0.2, 0.25) is 0 Å². The minimum Gasteiger partial charge on any atom is -0.465 e. The van der Waals surface area contributed by atoms with Crippen LogP contribution in [0.3, 0.4) is 0 Å². The summed E-state index contributed by atoms with van der Waals surface area (Å²) < 4.78 is 50.2. The van der Waals surface area contributed by atoms with Crippen LogP contribution in [0.5, 0.6) is 0 Å². The third kappa shape index (κ3) is 3.12. The van der Waals surface area contributed by atoms with Crippen LogP contribution in [-0.2, 0) is 19.1 Å². The van der Waals surface area contributed by atoms with Gasteiger partial charge in [-0.15, -0.1) is 0 Å². The first-order valence-corrected chi connectivity index (χ1v) is 7.57. The van der Waals surface area contributed by atoms with Crippen molar-refractivity contribution in [2.24, 2.45) is 0 Å². The molecule has 1 aromatic rings. The standard InChI is InChI=1S/C15H10Cl2F3NO5/c1-6-10(12(23)25-2)14(13(24)26-6,15(18,19)20)21-11(22)8-4-3-7(16)5-9(8)17/h3-5H,1-2H3,(H,21,22)/t14-/m0/s1. The van der Waals surface area contributed by atoms with E-state index in [1.807, 2.05) is 0 Å². The highest BCUT2D eigenvalue weighted by molar-refractivity contribution is 6.36. The third-order valence-electron chi connectivity index (χ3n) is 3.57. The molecule has 26 heavy (non-hydrogen) atoms. The Kier molecular flexibility index (Phi) is 5.25. The molecule has 0 unspecified atom stereocenters. The molecule has 0 aliphatic carbocycles. The number of allylic oxidation sites excluding steroid dienone is 1. The molecule has 0 spiro atoms. The normalized spacial score (nSPS) is 20.0. The molecule has 1 heterocycles. The van der Waals surface area contributed by atoms with E-state index < -0.39 is 40.9 Å². The fraction of sp³-hybridized carbons (Fsp3) is 0.267. The van der Waals surface area contributed by atoms with Crippen molar-refractivity contribution in [3.8, 4) is 0 Å². The first kappa shape index (κ1) is 20.1. The number of benzene rings is 1. The zero-order valence-corrected chi connectivity index (χ0v) is 14.7. The Bertz CT molecular complexity index is 837. The van der Waals surface area contributed by atoms with E-state index in [-0.39, 0.29) is 15.6 Å². The Morgan fingerprint density at radius 3 is 2.38 bits per heavy atom. The molecular weight excluding hydrogens is 402 g/mol. The van der Waals surface area contributed by atoms with Gasteiger partial charge in [-0.25, -0.2) is 9.59 Å². The number of cyclic esters (lactones) is 1. The number of amides is 1. The summed E-state index contributed by atoms with van der Waals surface area (Å²) in [6.45, 7) is 0.971. The Balaban J connectivity index is 2.60. The lowest BCUT2D eigenvalue weighted by atomic mass is 9.89. The molecule has 0 fully saturated rings. The van der Waals surface area contributed by atoms with Crippen LogP contribution in [0.15, 0.2) is 29.5 Å². The molecule has 2 rings (SSSR count). The molecule has 0 aromatic heterocycles. The average molecular weight is 412 g/mol. The lowest BCUT2D eigenvalue weighted by molar-refractivity contribution is -0.196. The number of rotatable bonds is 3. The van der Waals surface area contributed by atoms with Crippen LogP contribution in [0, 0.1) is 0 Å². The first-order valence-electron chi connectivity index (χ1n) is 6.82. The van der Waals surface area contributed by atoms with Gasteiger partial charge in [0.05, 0.1) is 17.7 Å². The van der Waals surface area contributed by atoms with Crippen molar-refractivity contribution in [1.82, 2.24) is 5.32 Å². The largest absolute Gasteiger partial charge is 0.465 e.